The van der Waals surface area contributed by atoms with Crippen LogP contribution in [0.4, 0.5) is 0 Å². The quantitative estimate of drug-likeness (QED) is 0.378. The molecule has 2 aliphatic heterocycles. The van der Waals surface area contributed by atoms with E-state index in [1.807, 2.05) is 23.9 Å². The summed E-state index contributed by atoms with van der Waals surface area (Å²) >= 11 is 1.81. The zero-order valence-corrected chi connectivity index (χ0v) is 18.4. The van der Waals surface area contributed by atoms with Crippen molar-refractivity contribution in [2.24, 2.45) is 0 Å². The third-order valence-electron chi connectivity index (χ3n) is 6.30. The number of furan rings is 2. The molecule has 1 aliphatic carbocycles. The Morgan fingerprint density at radius 3 is 2.28 bits per heavy atom. The van der Waals surface area contributed by atoms with Crippen LogP contribution < -0.4 is 27.9 Å². The van der Waals surface area contributed by atoms with Gasteiger partial charge in [-0.05, 0) is 18.2 Å². The summed E-state index contributed by atoms with van der Waals surface area (Å²) in [5.74, 6) is 1.10. The number of halogens is 1. The summed E-state index contributed by atoms with van der Waals surface area (Å²) in [6, 6.07) is 10.9. The van der Waals surface area contributed by atoms with E-state index in [9.17, 15) is 0 Å². The van der Waals surface area contributed by atoms with E-state index < -0.39 is 10.2 Å². The first kappa shape index (κ1) is 21.2. The average Bonchev–Trinajstić information content (AvgIpc) is 3.54. The molecule has 2 unspecified atom stereocenters. The third-order valence-corrected chi connectivity index (χ3v) is 7.24. The van der Waals surface area contributed by atoms with Gasteiger partial charge < -0.3 is 13.6 Å². The Labute approximate surface area is 189 Å². The maximum absolute atomic E-state index is 8.49. The molecule has 3 aromatic heterocycles. The summed E-state index contributed by atoms with van der Waals surface area (Å²) < 4.78 is 53.3. The Balaban J connectivity index is 0.000000393. The van der Waals surface area contributed by atoms with Gasteiger partial charge in [-0.3, -0.25) is 0 Å². The molecule has 0 saturated heterocycles. The summed E-state index contributed by atoms with van der Waals surface area (Å²) in [6.07, 6.45) is 10.5. The van der Waals surface area contributed by atoms with Crippen LogP contribution in [0.3, 0.4) is 0 Å². The van der Waals surface area contributed by atoms with E-state index in [1.165, 1.54) is 27.3 Å². The molecule has 2 atom stereocenters. The molecule has 10 heteroatoms. The highest BCUT2D eigenvalue weighted by Gasteiger charge is 2.61. The van der Waals surface area contributed by atoms with E-state index in [2.05, 4.69) is 46.5 Å². The lowest BCUT2D eigenvalue weighted by atomic mass is 9.55. The Hall–Kier alpha value is -2.66. The molecule has 0 radical (unpaired) electrons. The zero-order valence-electron chi connectivity index (χ0n) is 16.8. The van der Waals surface area contributed by atoms with Gasteiger partial charge in [0.15, 0.2) is 12.2 Å². The minimum Gasteiger partial charge on any atom is -0.496 e. The molecule has 0 saturated carbocycles. The molecule has 5 heterocycles. The lowest BCUT2D eigenvalue weighted by Crippen LogP contribution is -2.68. The van der Waals surface area contributed by atoms with Crippen molar-refractivity contribution in [2.75, 3.05) is 7.11 Å². The lowest BCUT2D eigenvalue weighted by molar-refractivity contribution is -2.00. The fourth-order valence-electron chi connectivity index (χ4n) is 5.25. The smallest absolute Gasteiger partial charge is 0.246 e. The molecule has 0 amide bonds. The predicted molar refractivity (Wildman–Crippen MR) is 100 cm³/mol. The van der Waals surface area contributed by atoms with Gasteiger partial charge in [0.25, 0.3) is 0 Å². The molecule has 0 fully saturated rings. The van der Waals surface area contributed by atoms with Crippen LogP contribution >= 0.6 is 11.3 Å². The summed E-state index contributed by atoms with van der Waals surface area (Å²) in [6.45, 7) is 0. The molecule has 2 bridgehead atoms. The van der Waals surface area contributed by atoms with Crippen LogP contribution in [0, 0.1) is 10.2 Å². The van der Waals surface area contributed by atoms with Crippen LogP contribution in [0.1, 0.15) is 45.6 Å². The fraction of sp³-hybridized carbons (Fsp3) is 0.227. The van der Waals surface area contributed by atoms with Crippen LogP contribution in [-0.2, 0) is 5.41 Å². The third kappa shape index (κ3) is 3.25. The number of nitrogens with zero attached hydrogens (tertiary/aromatic N) is 1. The van der Waals surface area contributed by atoms with Gasteiger partial charge in [0.1, 0.15) is 5.75 Å². The van der Waals surface area contributed by atoms with Crippen molar-refractivity contribution in [1.29, 1.82) is 0 Å². The van der Waals surface area contributed by atoms with E-state index in [0.29, 0.717) is 0 Å². The topological polar surface area (TPSA) is 132 Å². The lowest BCUT2D eigenvalue weighted by Gasteiger charge is -2.47. The van der Waals surface area contributed by atoms with Gasteiger partial charge in [-0.1, -0.05) is 23.5 Å². The standard InChI is InChI=1S/C22H18NO3S.ClHO4/c1-24-18-4-2-3-16-17-11-22(14-5-8-25-12-14,15-6-9-26-13-15)20(19(16)18)21-23(17)7-10-27-21;2-1(3,4)5/h2-10,12-13,17,20H,11H2,1H3;(H,2,3,4,5)/q+1;/p-1. The van der Waals surface area contributed by atoms with Gasteiger partial charge in [-0.25, -0.2) is 18.6 Å². The van der Waals surface area contributed by atoms with Crippen LogP contribution in [0.25, 0.3) is 0 Å². The molecule has 7 rings (SSSR count). The molecular weight excluding hydrogens is 458 g/mol. The SMILES string of the molecule is COc1cccc2c1C1c3scc[n+]3C2CC1(c1ccoc1)c1ccoc1.[O-][Cl+3]([O-])([O-])[O-]. The Kier molecular flexibility index (Phi) is 5.12. The van der Waals surface area contributed by atoms with Crippen molar-refractivity contribution in [1.82, 2.24) is 0 Å². The molecular formula is C22H18ClNO7S. The molecule has 4 aromatic rings. The number of thiazole rings is 1. The largest absolute Gasteiger partial charge is 0.496 e. The highest BCUT2D eigenvalue weighted by molar-refractivity contribution is 7.09. The van der Waals surface area contributed by atoms with Gasteiger partial charge in [0.2, 0.25) is 5.01 Å². The summed E-state index contributed by atoms with van der Waals surface area (Å²) in [5, 5.41) is 3.54. The summed E-state index contributed by atoms with van der Waals surface area (Å²) in [7, 11) is -3.18. The van der Waals surface area contributed by atoms with E-state index in [1.54, 1.807) is 19.6 Å². The minimum atomic E-state index is -4.94. The van der Waals surface area contributed by atoms with Gasteiger partial charge in [-0.15, -0.1) is 10.2 Å². The maximum atomic E-state index is 8.49. The monoisotopic (exact) mass is 475 g/mol. The van der Waals surface area contributed by atoms with Crippen molar-refractivity contribution in [3.05, 3.63) is 94.2 Å². The van der Waals surface area contributed by atoms with E-state index in [0.717, 1.165) is 12.2 Å². The van der Waals surface area contributed by atoms with Crippen molar-refractivity contribution in [3.63, 3.8) is 0 Å². The van der Waals surface area contributed by atoms with Gasteiger partial charge >= 0.3 is 0 Å². The van der Waals surface area contributed by atoms with Gasteiger partial charge in [0.05, 0.1) is 48.9 Å². The Morgan fingerprint density at radius 1 is 1.06 bits per heavy atom. The second-order valence-corrected chi connectivity index (χ2v) is 9.32. The second-order valence-electron chi connectivity index (χ2n) is 7.64. The van der Waals surface area contributed by atoms with Crippen molar-refractivity contribution < 1.29 is 47.0 Å². The van der Waals surface area contributed by atoms with Gasteiger partial charge in [-0.2, -0.15) is 4.57 Å². The first-order valence-electron chi connectivity index (χ1n) is 9.67. The number of aromatic nitrogens is 1. The molecule has 8 nitrogen and oxygen atoms in total. The van der Waals surface area contributed by atoms with E-state index >= 15 is 0 Å². The first-order chi connectivity index (χ1) is 15.3. The molecule has 1 aromatic carbocycles. The van der Waals surface area contributed by atoms with Crippen molar-refractivity contribution in [2.45, 2.75) is 23.8 Å². The summed E-state index contributed by atoms with van der Waals surface area (Å²) in [4.78, 5) is 0. The number of hydrogen-bond acceptors (Lipinski definition) is 8. The number of hydrogen-bond donors (Lipinski definition) is 0. The highest BCUT2D eigenvalue weighted by Crippen LogP contribution is 2.62. The first-order valence-corrected chi connectivity index (χ1v) is 11.8. The molecule has 0 N–H and O–H groups in total. The molecule has 3 aliphatic rings. The maximum Gasteiger partial charge on any atom is 0.246 e. The highest BCUT2D eigenvalue weighted by atomic mass is 35.7. The zero-order chi connectivity index (χ0) is 22.5. The Morgan fingerprint density at radius 2 is 1.72 bits per heavy atom. The van der Waals surface area contributed by atoms with Crippen molar-refractivity contribution in [3.8, 4) is 5.75 Å². The van der Waals surface area contributed by atoms with Crippen LogP contribution in [0.2, 0.25) is 0 Å². The number of methoxy groups -OCH3 is 1. The molecule has 0 spiro atoms. The summed E-state index contributed by atoms with van der Waals surface area (Å²) in [5.41, 5.74) is 4.79. The van der Waals surface area contributed by atoms with Crippen molar-refractivity contribution >= 4 is 11.3 Å². The number of rotatable bonds is 3. The Bertz CT molecular complexity index is 1170. The predicted octanol–water partition coefficient (Wildman–Crippen LogP) is -0.101. The van der Waals surface area contributed by atoms with E-state index in [-0.39, 0.29) is 17.4 Å². The number of ether oxygens (including phenoxy) is 1. The van der Waals surface area contributed by atoms with Gasteiger partial charge in [0, 0.05) is 28.7 Å². The van der Waals surface area contributed by atoms with Crippen LogP contribution in [0.5, 0.6) is 5.75 Å². The second kappa shape index (κ2) is 7.73. The normalized spacial score (nSPS) is 20.2. The number of fused-ring (bicyclic) bond motifs is 1. The molecule has 32 heavy (non-hydrogen) atoms. The minimum absolute atomic E-state index is 0.142. The van der Waals surface area contributed by atoms with Crippen LogP contribution in [-0.4, -0.2) is 7.11 Å². The number of benzene rings is 1. The fourth-order valence-corrected chi connectivity index (χ4v) is 6.34. The molecule has 166 valence electrons. The van der Waals surface area contributed by atoms with Crippen LogP contribution in [0.15, 0.2) is 75.8 Å². The average molecular weight is 476 g/mol. The van der Waals surface area contributed by atoms with E-state index in [4.69, 9.17) is 32.2 Å².